The van der Waals surface area contributed by atoms with Gasteiger partial charge in [0, 0.05) is 12.2 Å². The first-order valence-electron chi connectivity index (χ1n) is 9.59. The fraction of sp³-hybridized carbons (Fsp3) is 0.364. The Morgan fingerprint density at radius 2 is 1.68 bits per heavy atom. The van der Waals surface area contributed by atoms with Crippen LogP contribution < -0.4 is 15.1 Å². The highest BCUT2D eigenvalue weighted by Crippen LogP contribution is 2.38. The molecular formula is C22H28N2O3Si. The molecule has 0 spiro atoms. The molecule has 3 rings (SSSR count). The average molecular weight is 397 g/mol. The van der Waals surface area contributed by atoms with Crippen LogP contribution in [0.1, 0.15) is 47.1 Å². The van der Waals surface area contributed by atoms with Gasteiger partial charge in [0.05, 0.1) is 11.1 Å². The third-order valence-electron chi connectivity index (χ3n) is 5.60. The molecule has 1 aliphatic heterocycles. The van der Waals surface area contributed by atoms with Gasteiger partial charge in [0.25, 0.3) is 11.8 Å². The maximum absolute atomic E-state index is 11.8. The van der Waals surface area contributed by atoms with Gasteiger partial charge < -0.3 is 9.74 Å². The predicted molar refractivity (Wildman–Crippen MR) is 115 cm³/mol. The minimum absolute atomic E-state index is 0.140. The lowest BCUT2D eigenvalue weighted by Crippen LogP contribution is -2.44. The maximum Gasteiger partial charge on any atom is 0.259 e. The molecule has 0 bridgehead atoms. The van der Waals surface area contributed by atoms with Gasteiger partial charge in [-0.2, -0.15) is 0 Å². The number of nitrogens with one attached hydrogen (secondary N) is 2. The zero-order valence-corrected chi connectivity index (χ0v) is 18.2. The van der Waals surface area contributed by atoms with E-state index in [9.17, 15) is 9.59 Å². The van der Waals surface area contributed by atoms with Gasteiger partial charge in [-0.05, 0) is 54.4 Å². The SMILES string of the molecule is CC(C)(C)[Si](C)(C)Oc1ccccc1CCNc1ccc2c(c1)C(=O)NC2=O. The lowest BCUT2D eigenvalue weighted by atomic mass is 10.1. The van der Waals surface area contributed by atoms with Crippen LogP contribution in [0.25, 0.3) is 0 Å². The number of fused-ring (bicyclic) bond motifs is 1. The van der Waals surface area contributed by atoms with Crippen LogP contribution in [0.2, 0.25) is 18.1 Å². The van der Waals surface area contributed by atoms with Crippen molar-refractivity contribution in [1.29, 1.82) is 0 Å². The summed E-state index contributed by atoms with van der Waals surface area (Å²) >= 11 is 0. The molecule has 0 radical (unpaired) electrons. The first-order chi connectivity index (χ1) is 13.1. The monoisotopic (exact) mass is 396 g/mol. The molecule has 6 heteroatoms. The Balaban J connectivity index is 1.67. The summed E-state index contributed by atoms with van der Waals surface area (Å²) in [6.07, 6.45) is 0.799. The third kappa shape index (κ3) is 4.12. The second-order valence-electron chi connectivity index (χ2n) is 8.69. The molecule has 0 saturated heterocycles. The van der Waals surface area contributed by atoms with Crippen molar-refractivity contribution >= 4 is 25.8 Å². The largest absolute Gasteiger partial charge is 0.543 e. The number of para-hydroxylation sites is 1. The summed E-state index contributed by atoms with van der Waals surface area (Å²) in [5, 5.41) is 5.80. The number of hydrogen-bond donors (Lipinski definition) is 2. The van der Waals surface area contributed by atoms with Crippen LogP contribution in [0, 0.1) is 0 Å². The molecule has 28 heavy (non-hydrogen) atoms. The van der Waals surface area contributed by atoms with Gasteiger partial charge in [-0.15, -0.1) is 0 Å². The van der Waals surface area contributed by atoms with Crippen molar-refractivity contribution < 1.29 is 14.0 Å². The third-order valence-corrected chi connectivity index (χ3v) is 9.95. The Hall–Kier alpha value is -2.60. The molecule has 5 nitrogen and oxygen atoms in total. The Labute approximate surface area is 167 Å². The lowest BCUT2D eigenvalue weighted by Gasteiger charge is -2.37. The van der Waals surface area contributed by atoms with Crippen LogP contribution in [0.5, 0.6) is 5.75 Å². The van der Waals surface area contributed by atoms with Gasteiger partial charge in [-0.25, -0.2) is 0 Å². The minimum Gasteiger partial charge on any atom is -0.543 e. The van der Waals surface area contributed by atoms with E-state index in [1.807, 2.05) is 24.3 Å². The van der Waals surface area contributed by atoms with Gasteiger partial charge in [-0.3, -0.25) is 14.9 Å². The molecule has 0 aliphatic carbocycles. The van der Waals surface area contributed by atoms with E-state index in [0.29, 0.717) is 17.7 Å². The first-order valence-corrected chi connectivity index (χ1v) is 12.5. The Morgan fingerprint density at radius 1 is 1.00 bits per heavy atom. The fourth-order valence-corrected chi connectivity index (χ4v) is 3.91. The van der Waals surface area contributed by atoms with Crippen molar-refractivity contribution in [3.8, 4) is 5.75 Å². The molecule has 2 N–H and O–H groups in total. The van der Waals surface area contributed by atoms with E-state index in [0.717, 1.165) is 23.4 Å². The van der Waals surface area contributed by atoms with Crippen molar-refractivity contribution in [3.63, 3.8) is 0 Å². The second kappa shape index (κ2) is 7.43. The van der Waals surface area contributed by atoms with E-state index in [1.165, 1.54) is 0 Å². The number of benzene rings is 2. The Bertz CT molecular complexity index is 916. The second-order valence-corrected chi connectivity index (χ2v) is 13.4. The summed E-state index contributed by atoms with van der Waals surface area (Å²) in [5.74, 6) is 0.287. The smallest absolute Gasteiger partial charge is 0.259 e. The molecule has 2 aromatic carbocycles. The van der Waals surface area contributed by atoms with E-state index in [1.54, 1.807) is 12.1 Å². The van der Waals surface area contributed by atoms with Crippen molar-refractivity contribution in [1.82, 2.24) is 5.32 Å². The van der Waals surface area contributed by atoms with Crippen molar-refractivity contribution in [3.05, 3.63) is 59.2 Å². The van der Waals surface area contributed by atoms with E-state index >= 15 is 0 Å². The minimum atomic E-state index is -1.90. The standard InChI is InChI=1S/C22H28N2O3Si/c1-22(2,3)28(4,5)27-19-9-7-6-8-15(19)12-13-23-16-10-11-17-18(14-16)21(26)24-20(17)25/h6-11,14,23H,12-13H2,1-5H3,(H,24,25,26). The van der Waals surface area contributed by atoms with E-state index in [4.69, 9.17) is 4.43 Å². The quantitative estimate of drug-likeness (QED) is 0.553. The molecule has 1 heterocycles. The highest BCUT2D eigenvalue weighted by Gasteiger charge is 2.39. The van der Waals surface area contributed by atoms with Crippen LogP contribution >= 0.6 is 0 Å². The molecule has 1 aliphatic rings. The number of rotatable bonds is 6. The van der Waals surface area contributed by atoms with Crippen molar-refractivity contribution in [2.75, 3.05) is 11.9 Å². The fourth-order valence-electron chi connectivity index (χ4n) is 2.86. The van der Waals surface area contributed by atoms with Crippen molar-refractivity contribution in [2.24, 2.45) is 0 Å². The molecule has 0 unspecified atom stereocenters. The maximum atomic E-state index is 11.8. The number of hydrogen-bond acceptors (Lipinski definition) is 4. The summed E-state index contributed by atoms with van der Waals surface area (Å²) in [6.45, 7) is 11.9. The zero-order chi connectivity index (χ0) is 20.5. The van der Waals surface area contributed by atoms with E-state index in [-0.39, 0.29) is 16.9 Å². The summed E-state index contributed by atoms with van der Waals surface area (Å²) in [4.78, 5) is 23.5. The predicted octanol–water partition coefficient (Wildman–Crippen LogP) is 4.61. The van der Waals surface area contributed by atoms with Crippen LogP contribution in [-0.2, 0) is 6.42 Å². The molecule has 0 aromatic heterocycles. The van der Waals surface area contributed by atoms with Gasteiger partial charge in [0.15, 0.2) is 0 Å². The normalized spacial score (nSPS) is 13.9. The highest BCUT2D eigenvalue weighted by atomic mass is 28.4. The molecule has 148 valence electrons. The molecule has 0 saturated carbocycles. The Morgan fingerprint density at radius 3 is 2.39 bits per heavy atom. The van der Waals surface area contributed by atoms with Crippen molar-refractivity contribution in [2.45, 2.75) is 45.3 Å². The summed E-state index contributed by atoms with van der Waals surface area (Å²) in [6, 6.07) is 13.4. The van der Waals surface area contributed by atoms with Crippen LogP contribution in [0.4, 0.5) is 5.69 Å². The number of imide groups is 1. The molecule has 0 fully saturated rings. The summed E-state index contributed by atoms with van der Waals surface area (Å²) < 4.78 is 6.51. The van der Waals surface area contributed by atoms with E-state index in [2.05, 4.69) is 50.6 Å². The van der Waals surface area contributed by atoms with Gasteiger partial charge >= 0.3 is 0 Å². The van der Waals surface area contributed by atoms with Crippen LogP contribution in [0.15, 0.2) is 42.5 Å². The highest BCUT2D eigenvalue weighted by molar-refractivity contribution is 6.74. The van der Waals surface area contributed by atoms with Crippen LogP contribution in [-0.4, -0.2) is 26.7 Å². The van der Waals surface area contributed by atoms with Gasteiger partial charge in [0.1, 0.15) is 5.75 Å². The molecule has 0 atom stereocenters. The summed E-state index contributed by atoms with van der Waals surface area (Å²) in [5.41, 5.74) is 2.85. The Kier molecular flexibility index (Phi) is 5.34. The summed E-state index contributed by atoms with van der Waals surface area (Å²) in [7, 11) is -1.90. The van der Waals surface area contributed by atoms with E-state index < -0.39 is 8.32 Å². The van der Waals surface area contributed by atoms with Gasteiger partial charge in [0.2, 0.25) is 8.32 Å². The molecule has 2 amide bonds. The average Bonchev–Trinajstić information content (AvgIpc) is 2.89. The lowest BCUT2D eigenvalue weighted by molar-refractivity contribution is 0.0879. The number of carbonyl (C=O) groups is 2. The topological polar surface area (TPSA) is 67.4 Å². The van der Waals surface area contributed by atoms with Crippen LogP contribution in [0.3, 0.4) is 0 Å². The molecular weight excluding hydrogens is 368 g/mol. The first kappa shape index (κ1) is 20.1. The number of carbonyl (C=O) groups excluding carboxylic acids is 2. The molecule has 2 aromatic rings. The number of anilines is 1. The number of amides is 2. The zero-order valence-electron chi connectivity index (χ0n) is 17.2. The van der Waals surface area contributed by atoms with Gasteiger partial charge in [-0.1, -0.05) is 39.0 Å².